The van der Waals surface area contributed by atoms with Crippen molar-refractivity contribution in [2.75, 3.05) is 11.9 Å². The van der Waals surface area contributed by atoms with Crippen LogP contribution in [0.2, 0.25) is 0 Å². The van der Waals surface area contributed by atoms with E-state index in [1.807, 2.05) is 34.8 Å². The average molecular weight is 334 g/mol. The summed E-state index contributed by atoms with van der Waals surface area (Å²) in [6, 6.07) is 9.60. The van der Waals surface area contributed by atoms with Gasteiger partial charge in [-0.05, 0) is 48.1 Å². The van der Waals surface area contributed by atoms with Crippen LogP contribution in [0.5, 0.6) is 0 Å². The Bertz CT molecular complexity index is 957. The zero-order chi connectivity index (χ0) is 17.2. The van der Waals surface area contributed by atoms with Crippen LogP contribution >= 0.6 is 0 Å². The first-order valence-corrected chi connectivity index (χ1v) is 8.29. The Morgan fingerprint density at radius 1 is 1.36 bits per heavy atom. The SMILES string of the molecule is O=C(O)/C=C/c1cccc(-c2cnn3c(NCC4CC4)ccnc23)c1. The number of rotatable bonds is 6. The third kappa shape index (κ3) is 3.38. The van der Waals surface area contributed by atoms with Gasteiger partial charge in [0.05, 0.1) is 6.20 Å². The van der Waals surface area contributed by atoms with Crippen molar-refractivity contribution < 1.29 is 9.90 Å². The smallest absolute Gasteiger partial charge is 0.328 e. The average Bonchev–Trinajstić information content (AvgIpc) is 3.35. The Morgan fingerprint density at radius 2 is 2.24 bits per heavy atom. The van der Waals surface area contributed by atoms with Gasteiger partial charge in [-0.15, -0.1) is 0 Å². The lowest BCUT2D eigenvalue weighted by Gasteiger charge is -2.07. The Kier molecular flexibility index (Phi) is 3.93. The molecule has 0 bridgehead atoms. The van der Waals surface area contributed by atoms with E-state index >= 15 is 0 Å². The number of carbonyl (C=O) groups is 1. The molecule has 126 valence electrons. The summed E-state index contributed by atoms with van der Waals surface area (Å²) >= 11 is 0. The van der Waals surface area contributed by atoms with Crippen LogP contribution in [0, 0.1) is 5.92 Å². The van der Waals surface area contributed by atoms with E-state index in [1.165, 1.54) is 12.8 Å². The minimum Gasteiger partial charge on any atom is -0.478 e. The highest BCUT2D eigenvalue weighted by Gasteiger charge is 2.21. The lowest BCUT2D eigenvalue weighted by Crippen LogP contribution is -2.08. The van der Waals surface area contributed by atoms with Crippen LogP contribution in [0.4, 0.5) is 5.82 Å². The molecule has 0 unspecified atom stereocenters. The fourth-order valence-corrected chi connectivity index (χ4v) is 2.78. The maximum Gasteiger partial charge on any atom is 0.328 e. The number of benzene rings is 1. The number of hydrogen-bond acceptors (Lipinski definition) is 4. The van der Waals surface area contributed by atoms with E-state index in [4.69, 9.17) is 5.11 Å². The summed E-state index contributed by atoms with van der Waals surface area (Å²) < 4.78 is 1.82. The van der Waals surface area contributed by atoms with E-state index in [0.29, 0.717) is 0 Å². The molecular formula is C19H18N4O2. The van der Waals surface area contributed by atoms with E-state index in [2.05, 4.69) is 15.4 Å². The molecule has 6 heteroatoms. The highest BCUT2D eigenvalue weighted by Crippen LogP contribution is 2.30. The van der Waals surface area contributed by atoms with Crippen LogP contribution in [0.1, 0.15) is 18.4 Å². The van der Waals surface area contributed by atoms with Crippen molar-refractivity contribution in [1.82, 2.24) is 14.6 Å². The van der Waals surface area contributed by atoms with Crippen molar-refractivity contribution in [3.8, 4) is 11.1 Å². The van der Waals surface area contributed by atoms with Gasteiger partial charge in [0.1, 0.15) is 5.82 Å². The number of aliphatic carboxylic acids is 1. The molecule has 0 amide bonds. The first-order chi connectivity index (χ1) is 12.2. The second kappa shape index (κ2) is 6.39. The Hall–Kier alpha value is -3.15. The van der Waals surface area contributed by atoms with Gasteiger partial charge in [-0.2, -0.15) is 9.61 Å². The molecule has 2 N–H and O–H groups in total. The van der Waals surface area contributed by atoms with Crippen LogP contribution in [0.3, 0.4) is 0 Å². The molecule has 0 atom stereocenters. The fourth-order valence-electron chi connectivity index (χ4n) is 2.78. The maximum atomic E-state index is 10.7. The molecule has 0 radical (unpaired) electrons. The predicted octanol–water partition coefficient (Wildman–Crippen LogP) is 3.32. The molecular weight excluding hydrogens is 316 g/mol. The molecule has 1 aliphatic carbocycles. The van der Waals surface area contributed by atoms with Crippen molar-refractivity contribution >= 4 is 23.5 Å². The number of nitrogens with one attached hydrogen (secondary N) is 1. The van der Waals surface area contributed by atoms with E-state index < -0.39 is 5.97 Å². The molecule has 0 aliphatic heterocycles. The second-order valence-electron chi connectivity index (χ2n) is 6.25. The van der Waals surface area contributed by atoms with E-state index in [0.717, 1.165) is 46.7 Å². The number of carboxylic acid groups (broad SMARTS) is 1. The summed E-state index contributed by atoms with van der Waals surface area (Å²) in [5.74, 6) is 0.746. The van der Waals surface area contributed by atoms with E-state index in [9.17, 15) is 4.79 Å². The molecule has 2 heterocycles. The maximum absolute atomic E-state index is 10.7. The first-order valence-electron chi connectivity index (χ1n) is 8.29. The predicted molar refractivity (Wildman–Crippen MR) is 96.3 cm³/mol. The normalized spacial score (nSPS) is 14.2. The van der Waals surface area contributed by atoms with Gasteiger partial charge >= 0.3 is 5.97 Å². The van der Waals surface area contributed by atoms with Crippen LogP contribution in [0.25, 0.3) is 22.9 Å². The highest BCUT2D eigenvalue weighted by molar-refractivity contribution is 5.86. The number of aromatic nitrogens is 3. The quantitative estimate of drug-likeness (QED) is 0.676. The van der Waals surface area contributed by atoms with E-state index in [-0.39, 0.29) is 0 Å². The molecule has 6 nitrogen and oxygen atoms in total. The standard InChI is InChI=1S/C19H18N4O2/c24-18(25)7-6-13-2-1-3-15(10-13)16-12-22-23-17(8-9-20-19(16)23)21-11-14-4-5-14/h1-3,6-10,12,14,21H,4-5,11H2,(H,24,25)/b7-6+. The fraction of sp³-hybridized carbons (Fsp3) is 0.211. The summed E-state index contributed by atoms with van der Waals surface area (Å²) in [6.07, 6.45) is 8.88. The molecule has 0 spiro atoms. The second-order valence-corrected chi connectivity index (χ2v) is 6.25. The first kappa shape index (κ1) is 15.4. The highest BCUT2D eigenvalue weighted by atomic mass is 16.4. The minimum atomic E-state index is -0.963. The molecule has 1 aromatic carbocycles. The number of nitrogens with zero attached hydrogens (tertiary/aromatic N) is 3. The van der Waals surface area contributed by atoms with Crippen molar-refractivity contribution in [2.45, 2.75) is 12.8 Å². The van der Waals surface area contributed by atoms with Crippen molar-refractivity contribution in [1.29, 1.82) is 0 Å². The van der Waals surface area contributed by atoms with Gasteiger partial charge in [0.25, 0.3) is 0 Å². The van der Waals surface area contributed by atoms with E-state index in [1.54, 1.807) is 18.5 Å². The lowest BCUT2D eigenvalue weighted by atomic mass is 10.1. The topological polar surface area (TPSA) is 79.5 Å². The zero-order valence-electron chi connectivity index (χ0n) is 13.6. The van der Waals surface area contributed by atoms with Gasteiger partial charge in [-0.3, -0.25) is 0 Å². The van der Waals surface area contributed by atoms with Gasteiger partial charge in [0.15, 0.2) is 5.65 Å². The monoisotopic (exact) mass is 334 g/mol. The number of carboxylic acids is 1. The minimum absolute atomic E-state index is 0.774. The van der Waals surface area contributed by atoms with Crippen molar-refractivity contribution in [3.05, 3.63) is 54.4 Å². The largest absolute Gasteiger partial charge is 0.478 e. The van der Waals surface area contributed by atoms with Crippen LogP contribution < -0.4 is 5.32 Å². The van der Waals surface area contributed by atoms with Gasteiger partial charge in [0, 0.05) is 24.4 Å². The summed E-state index contributed by atoms with van der Waals surface area (Å²) in [7, 11) is 0. The number of anilines is 1. The van der Waals surface area contributed by atoms with Crippen molar-refractivity contribution in [2.24, 2.45) is 5.92 Å². The summed E-state index contributed by atoms with van der Waals surface area (Å²) in [4.78, 5) is 15.2. The Balaban J connectivity index is 1.68. The summed E-state index contributed by atoms with van der Waals surface area (Å²) in [5, 5.41) is 16.7. The Morgan fingerprint density at radius 3 is 3.04 bits per heavy atom. The zero-order valence-corrected chi connectivity index (χ0v) is 13.6. The molecule has 2 aromatic heterocycles. The van der Waals surface area contributed by atoms with Gasteiger partial charge in [0.2, 0.25) is 0 Å². The van der Waals surface area contributed by atoms with Gasteiger partial charge in [-0.1, -0.05) is 18.2 Å². The third-order valence-electron chi connectivity index (χ3n) is 4.29. The molecule has 4 rings (SSSR count). The number of hydrogen-bond donors (Lipinski definition) is 2. The third-order valence-corrected chi connectivity index (χ3v) is 4.29. The summed E-state index contributed by atoms with van der Waals surface area (Å²) in [5.41, 5.74) is 3.47. The summed E-state index contributed by atoms with van der Waals surface area (Å²) in [6.45, 7) is 0.962. The van der Waals surface area contributed by atoms with Crippen LogP contribution in [0.15, 0.2) is 48.8 Å². The number of fused-ring (bicyclic) bond motifs is 1. The molecule has 1 fully saturated rings. The van der Waals surface area contributed by atoms with Crippen LogP contribution in [-0.4, -0.2) is 32.2 Å². The molecule has 25 heavy (non-hydrogen) atoms. The Labute approximate surface area is 144 Å². The van der Waals surface area contributed by atoms with Crippen LogP contribution in [-0.2, 0) is 4.79 Å². The van der Waals surface area contributed by atoms with Crippen molar-refractivity contribution in [3.63, 3.8) is 0 Å². The molecule has 1 saturated carbocycles. The molecule has 1 aliphatic rings. The molecule has 3 aromatic rings. The van der Waals surface area contributed by atoms with Gasteiger partial charge in [-0.25, -0.2) is 9.78 Å². The van der Waals surface area contributed by atoms with Gasteiger partial charge < -0.3 is 10.4 Å². The lowest BCUT2D eigenvalue weighted by molar-refractivity contribution is -0.131. The molecule has 0 saturated heterocycles.